The molecular formula is C21H32O2. The zero-order valence-electron chi connectivity index (χ0n) is 15.0. The molecule has 128 valence electrons. The highest BCUT2D eigenvalue weighted by molar-refractivity contribution is 5.79. The molecule has 4 aliphatic carbocycles. The van der Waals surface area contributed by atoms with Crippen LogP contribution in [0, 0.1) is 34.5 Å². The number of allylic oxidation sites excluding steroid dienone is 1. The number of aliphatic hydroxyl groups excluding tert-OH is 1. The van der Waals surface area contributed by atoms with Crippen LogP contribution in [0.15, 0.2) is 11.6 Å². The van der Waals surface area contributed by atoms with Gasteiger partial charge in [0.25, 0.3) is 0 Å². The molecule has 0 bridgehead atoms. The Morgan fingerprint density at radius 1 is 1.13 bits per heavy atom. The lowest BCUT2D eigenvalue weighted by molar-refractivity contribution is -0.127. The third-order valence-corrected chi connectivity index (χ3v) is 8.57. The first kappa shape index (κ1) is 15.9. The van der Waals surface area contributed by atoms with Gasteiger partial charge in [-0.05, 0) is 86.9 Å². The van der Waals surface area contributed by atoms with E-state index in [0.29, 0.717) is 17.1 Å². The summed E-state index contributed by atoms with van der Waals surface area (Å²) in [7, 11) is 0. The van der Waals surface area contributed by atoms with E-state index in [4.69, 9.17) is 0 Å². The molecule has 23 heavy (non-hydrogen) atoms. The zero-order chi connectivity index (χ0) is 16.4. The molecule has 0 spiro atoms. The second kappa shape index (κ2) is 5.18. The second-order valence-corrected chi connectivity index (χ2v) is 9.44. The van der Waals surface area contributed by atoms with E-state index in [-0.39, 0.29) is 11.5 Å². The number of rotatable bonds is 1. The molecule has 4 rings (SSSR count). The topological polar surface area (TPSA) is 37.3 Å². The quantitative estimate of drug-likeness (QED) is 0.722. The van der Waals surface area contributed by atoms with E-state index < -0.39 is 0 Å². The van der Waals surface area contributed by atoms with Crippen LogP contribution in [0.1, 0.15) is 72.1 Å². The molecular weight excluding hydrogens is 284 g/mol. The summed E-state index contributed by atoms with van der Waals surface area (Å²) in [6.07, 6.45) is 11.5. The zero-order valence-corrected chi connectivity index (χ0v) is 15.0. The fraction of sp³-hybridized carbons (Fsp3) is 0.857. The van der Waals surface area contributed by atoms with Crippen molar-refractivity contribution in [3.8, 4) is 0 Å². The summed E-state index contributed by atoms with van der Waals surface area (Å²) in [4.78, 5) is 12.2. The van der Waals surface area contributed by atoms with Gasteiger partial charge in [-0.25, -0.2) is 0 Å². The maximum atomic E-state index is 12.2. The van der Waals surface area contributed by atoms with E-state index in [9.17, 15) is 9.90 Å². The molecule has 0 aromatic rings. The fourth-order valence-electron chi connectivity index (χ4n) is 7.31. The summed E-state index contributed by atoms with van der Waals surface area (Å²) in [5, 5.41) is 10.1. The standard InChI is InChI=1S/C21H32O2/c1-13(22)17-6-7-18-16-5-4-14-12-15(23)8-10-20(14,2)19(16)9-11-21(17,18)3/h4,15-19,23H,5-12H2,1-3H3/t15-,16-,17?,18-,19-,20-,21+/m0/s1. The van der Waals surface area contributed by atoms with E-state index in [1.54, 1.807) is 5.57 Å². The molecule has 0 amide bonds. The van der Waals surface area contributed by atoms with Crippen molar-refractivity contribution in [3.05, 3.63) is 11.6 Å². The van der Waals surface area contributed by atoms with Crippen LogP contribution in [-0.4, -0.2) is 17.0 Å². The molecule has 7 atom stereocenters. The fourth-order valence-corrected chi connectivity index (χ4v) is 7.31. The highest BCUT2D eigenvalue weighted by Crippen LogP contribution is 2.66. The first-order chi connectivity index (χ1) is 10.9. The molecule has 0 aromatic carbocycles. The molecule has 2 heteroatoms. The van der Waals surface area contributed by atoms with Crippen LogP contribution in [-0.2, 0) is 4.79 Å². The SMILES string of the molecule is CC(=O)C1CC[C@H]2[C@@H]3CC=C4C[C@@H](O)CC[C@]4(C)[C@H]3CC[C@]12C. The maximum Gasteiger partial charge on any atom is 0.133 e. The number of hydrogen-bond acceptors (Lipinski definition) is 2. The van der Waals surface area contributed by atoms with Crippen LogP contribution in [0.3, 0.4) is 0 Å². The molecule has 0 saturated heterocycles. The van der Waals surface area contributed by atoms with Gasteiger partial charge in [-0.3, -0.25) is 4.79 Å². The Morgan fingerprint density at radius 2 is 1.91 bits per heavy atom. The number of carbonyl (C=O) groups excluding carboxylic acids is 1. The third kappa shape index (κ3) is 2.13. The number of fused-ring (bicyclic) bond motifs is 5. The lowest BCUT2D eigenvalue weighted by Crippen LogP contribution is -2.50. The molecule has 0 aromatic heterocycles. The van der Waals surface area contributed by atoms with Crippen molar-refractivity contribution in [1.82, 2.24) is 0 Å². The van der Waals surface area contributed by atoms with Gasteiger partial charge in [-0.15, -0.1) is 0 Å². The van der Waals surface area contributed by atoms with Gasteiger partial charge in [-0.1, -0.05) is 25.5 Å². The van der Waals surface area contributed by atoms with Gasteiger partial charge in [0.15, 0.2) is 0 Å². The molecule has 3 saturated carbocycles. The Bertz CT molecular complexity index is 550. The summed E-state index contributed by atoms with van der Waals surface area (Å²) in [6.45, 7) is 6.70. The lowest BCUT2D eigenvalue weighted by Gasteiger charge is -2.57. The number of aliphatic hydroxyl groups is 1. The van der Waals surface area contributed by atoms with E-state index >= 15 is 0 Å². The van der Waals surface area contributed by atoms with Gasteiger partial charge in [-0.2, -0.15) is 0 Å². The molecule has 2 nitrogen and oxygen atoms in total. The molecule has 0 radical (unpaired) electrons. The monoisotopic (exact) mass is 316 g/mol. The van der Waals surface area contributed by atoms with Crippen LogP contribution in [0.4, 0.5) is 0 Å². The minimum absolute atomic E-state index is 0.117. The van der Waals surface area contributed by atoms with E-state index in [1.165, 1.54) is 25.7 Å². The Hall–Kier alpha value is -0.630. The van der Waals surface area contributed by atoms with Crippen LogP contribution in [0.5, 0.6) is 0 Å². The van der Waals surface area contributed by atoms with Crippen molar-refractivity contribution < 1.29 is 9.90 Å². The van der Waals surface area contributed by atoms with Gasteiger partial charge in [0.05, 0.1) is 6.10 Å². The minimum atomic E-state index is -0.117. The summed E-state index contributed by atoms with van der Waals surface area (Å²) in [5.41, 5.74) is 2.11. The largest absolute Gasteiger partial charge is 0.393 e. The number of carbonyl (C=O) groups is 1. The van der Waals surface area contributed by atoms with Gasteiger partial charge >= 0.3 is 0 Å². The van der Waals surface area contributed by atoms with Crippen molar-refractivity contribution in [1.29, 1.82) is 0 Å². The molecule has 4 aliphatic rings. The molecule has 3 fully saturated rings. The van der Waals surface area contributed by atoms with Crippen molar-refractivity contribution in [2.24, 2.45) is 34.5 Å². The van der Waals surface area contributed by atoms with Crippen LogP contribution < -0.4 is 0 Å². The molecule has 1 N–H and O–H groups in total. The average Bonchev–Trinajstić information content (AvgIpc) is 2.85. The number of ketones is 1. The van der Waals surface area contributed by atoms with Gasteiger partial charge in [0.1, 0.15) is 5.78 Å². The highest BCUT2D eigenvalue weighted by Gasteiger charge is 2.59. The molecule has 0 aliphatic heterocycles. The van der Waals surface area contributed by atoms with Crippen molar-refractivity contribution in [2.45, 2.75) is 78.2 Å². The summed E-state index contributed by atoms with van der Waals surface area (Å²) >= 11 is 0. The summed E-state index contributed by atoms with van der Waals surface area (Å²) < 4.78 is 0. The smallest absolute Gasteiger partial charge is 0.133 e. The van der Waals surface area contributed by atoms with Gasteiger partial charge in [0.2, 0.25) is 0 Å². The second-order valence-electron chi connectivity index (χ2n) is 9.44. The normalized spacial score (nSPS) is 52.2. The molecule has 1 unspecified atom stereocenters. The highest BCUT2D eigenvalue weighted by atomic mass is 16.3. The summed E-state index contributed by atoms with van der Waals surface area (Å²) in [5.74, 6) is 3.00. The average molecular weight is 316 g/mol. The minimum Gasteiger partial charge on any atom is -0.393 e. The first-order valence-electron chi connectivity index (χ1n) is 9.74. The Labute approximate surface area is 140 Å². The van der Waals surface area contributed by atoms with Crippen LogP contribution >= 0.6 is 0 Å². The van der Waals surface area contributed by atoms with Crippen molar-refractivity contribution in [3.63, 3.8) is 0 Å². The first-order valence-corrected chi connectivity index (χ1v) is 9.74. The maximum absolute atomic E-state index is 12.2. The van der Waals surface area contributed by atoms with E-state index in [2.05, 4.69) is 19.9 Å². The van der Waals surface area contributed by atoms with E-state index in [1.807, 2.05) is 6.92 Å². The van der Waals surface area contributed by atoms with Crippen LogP contribution in [0.2, 0.25) is 0 Å². The Kier molecular flexibility index (Phi) is 3.58. The predicted molar refractivity (Wildman–Crippen MR) is 91.9 cm³/mol. The van der Waals surface area contributed by atoms with Crippen LogP contribution in [0.25, 0.3) is 0 Å². The van der Waals surface area contributed by atoms with Crippen molar-refractivity contribution in [2.75, 3.05) is 0 Å². The van der Waals surface area contributed by atoms with Gasteiger partial charge < -0.3 is 5.11 Å². The third-order valence-electron chi connectivity index (χ3n) is 8.57. The van der Waals surface area contributed by atoms with Crippen molar-refractivity contribution >= 4 is 5.78 Å². The lowest BCUT2D eigenvalue weighted by atomic mass is 9.47. The number of Topliss-reactive ketones (excluding diaryl/α,β-unsaturated/α-hetero) is 1. The number of hydrogen-bond donors (Lipinski definition) is 1. The predicted octanol–water partition coefficient (Wildman–Crippen LogP) is 4.52. The Morgan fingerprint density at radius 3 is 2.65 bits per heavy atom. The summed E-state index contributed by atoms with van der Waals surface area (Å²) in [6, 6.07) is 0. The molecule has 0 heterocycles. The van der Waals surface area contributed by atoms with Gasteiger partial charge in [0, 0.05) is 5.92 Å². The van der Waals surface area contributed by atoms with E-state index in [0.717, 1.165) is 43.4 Å². The Balaban J connectivity index is 1.66.